The molecule has 0 unspecified atom stereocenters. The Kier molecular flexibility index (Phi) is 2.35. The number of nitrogens with one attached hydrogen (secondary N) is 1. The third-order valence-corrected chi connectivity index (χ3v) is 3.11. The molecule has 0 aliphatic heterocycles. The smallest absolute Gasteiger partial charge is 0.329 e. The van der Waals surface area contributed by atoms with E-state index in [1.54, 1.807) is 0 Å². The van der Waals surface area contributed by atoms with Gasteiger partial charge >= 0.3 is 5.69 Å². The van der Waals surface area contributed by atoms with Crippen molar-refractivity contribution in [1.29, 1.82) is 0 Å². The summed E-state index contributed by atoms with van der Waals surface area (Å²) in [6, 6.07) is 0. The molecule has 0 aromatic carbocycles. The normalized spacial score (nSPS) is 10.8. The summed E-state index contributed by atoms with van der Waals surface area (Å²) in [7, 11) is 1.52. The van der Waals surface area contributed by atoms with E-state index in [1.165, 1.54) is 11.6 Å². The average Bonchev–Trinajstić information content (AvgIpc) is 2.58. The van der Waals surface area contributed by atoms with Crippen molar-refractivity contribution in [1.82, 2.24) is 13.9 Å². The maximum absolute atomic E-state index is 11.6. The number of nitrogens with zero attached hydrogens (tertiary/aromatic N) is 2. The summed E-state index contributed by atoms with van der Waals surface area (Å²) < 4.78 is 5.24. The maximum atomic E-state index is 11.6. The van der Waals surface area contributed by atoms with E-state index in [4.69, 9.17) is 5.73 Å². The molecule has 1 amide bonds. The first-order valence-corrected chi connectivity index (χ1v) is 5.14. The first-order chi connectivity index (χ1) is 7.50. The van der Waals surface area contributed by atoms with Gasteiger partial charge in [0.1, 0.15) is 4.83 Å². The minimum Gasteiger partial charge on any atom is -0.369 e. The summed E-state index contributed by atoms with van der Waals surface area (Å²) >= 11 is 0.996. The van der Waals surface area contributed by atoms with Crippen molar-refractivity contribution >= 4 is 27.7 Å². The Morgan fingerprint density at radius 2 is 2.25 bits per heavy atom. The fraction of sp³-hybridized carbons (Fsp3) is 0.250. The fourth-order valence-electron chi connectivity index (χ4n) is 1.39. The monoisotopic (exact) mass is 240 g/mol. The molecule has 2 rings (SSSR count). The van der Waals surface area contributed by atoms with Crippen LogP contribution >= 0.6 is 11.5 Å². The molecule has 0 radical (unpaired) electrons. The Labute approximate surface area is 92.7 Å². The topological polar surface area (TPSA) is 111 Å². The molecule has 84 valence electrons. The van der Waals surface area contributed by atoms with Crippen molar-refractivity contribution in [2.24, 2.45) is 12.8 Å². The standard InChI is InChI=1S/C8H8N4O3S/c1-12-7-5(6(14)10-8(12)15)3(11-16-7)2-4(9)13/h2H2,1H3,(H2,9,13)(H,10,14,15). The number of hydrogen-bond acceptors (Lipinski definition) is 5. The van der Waals surface area contributed by atoms with Crippen molar-refractivity contribution in [3.63, 3.8) is 0 Å². The van der Waals surface area contributed by atoms with Crippen LogP contribution in [0.5, 0.6) is 0 Å². The summed E-state index contributed by atoms with van der Waals surface area (Å²) in [6.45, 7) is 0. The van der Waals surface area contributed by atoms with Crippen LogP contribution in [-0.2, 0) is 18.3 Å². The van der Waals surface area contributed by atoms with E-state index in [2.05, 4.69) is 9.36 Å². The van der Waals surface area contributed by atoms with Gasteiger partial charge in [-0.25, -0.2) is 4.79 Å². The fourth-order valence-corrected chi connectivity index (χ4v) is 2.25. The molecule has 0 atom stereocenters. The van der Waals surface area contributed by atoms with E-state index < -0.39 is 17.2 Å². The number of aromatic amines is 1. The molecule has 0 bridgehead atoms. The Bertz CT molecular complexity index is 681. The minimum atomic E-state index is -0.569. The van der Waals surface area contributed by atoms with Gasteiger partial charge in [-0.05, 0) is 11.5 Å². The van der Waals surface area contributed by atoms with Crippen LogP contribution in [0.25, 0.3) is 10.2 Å². The van der Waals surface area contributed by atoms with Gasteiger partial charge in [0.15, 0.2) is 0 Å². The molecule has 16 heavy (non-hydrogen) atoms. The number of nitrogens with two attached hydrogens (primary N) is 1. The van der Waals surface area contributed by atoms with Gasteiger partial charge in [0.25, 0.3) is 5.56 Å². The van der Waals surface area contributed by atoms with E-state index in [9.17, 15) is 14.4 Å². The highest BCUT2D eigenvalue weighted by Crippen LogP contribution is 2.17. The van der Waals surface area contributed by atoms with E-state index in [-0.39, 0.29) is 11.8 Å². The Balaban J connectivity index is 2.83. The van der Waals surface area contributed by atoms with Crippen LogP contribution in [0.4, 0.5) is 0 Å². The largest absolute Gasteiger partial charge is 0.369 e. The maximum Gasteiger partial charge on any atom is 0.329 e. The minimum absolute atomic E-state index is 0.110. The van der Waals surface area contributed by atoms with Crippen LogP contribution in [-0.4, -0.2) is 19.8 Å². The predicted octanol–water partition coefficient (Wildman–Crippen LogP) is -1.29. The number of H-pyrrole nitrogens is 1. The highest BCUT2D eigenvalue weighted by Gasteiger charge is 2.15. The lowest BCUT2D eigenvalue weighted by Gasteiger charge is -1.97. The van der Waals surface area contributed by atoms with Crippen molar-refractivity contribution in [3.05, 3.63) is 26.5 Å². The molecule has 2 aromatic rings. The summed E-state index contributed by atoms with van der Waals surface area (Å²) in [4.78, 5) is 36.2. The number of carbonyl (C=O) groups is 1. The number of rotatable bonds is 2. The van der Waals surface area contributed by atoms with Crippen molar-refractivity contribution in [2.45, 2.75) is 6.42 Å². The van der Waals surface area contributed by atoms with Crippen molar-refractivity contribution in [2.75, 3.05) is 0 Å². The molecule has 0 spiro atoms. The van der Waals surface area contributed by atoms with Crippen LogP contribution in [0.15, 0.2) is 9.59 Å². The number of fused-ring (bicyclic) bond motifs is 1. The second-order valence-electron chi connectivity index (χ2n) is 3.27. The molecule has 0 fully saturated rings. The van der Waals surface area contributed by atoms with E-state index >= 15 is 0 Å². The molecule has 3 N–H and O–H groups in total. The van der Waals surface area contributed by atoms with Gasteiger partial charge in [-0.1, -0.05) is 0 Å². The molecule has 8 heteroatoms. The van der Waals surface area contributed by atoms with Gasteiger partial charge in [0.2, 0.25) is 5.91 Å². The second-order valence-corrected chi connectivity index (χ2v) is 4.02. The zero-order chi connectivity index (χ0) is 11.9. The van der Waals surface area contributed by atoms with Gasteiger partial charge in [-0.2, -0.15) is 4.37 Å². The second kappa shape index (κ2) is 3.56. The van der Waals surface area contributed by atoms with Crippen LogP contribution < -0.4 is 17.0 Å². The third kappa shape index (κ3) is 1.52. The highest BCUT2D eigenvalue weighted by molar-refractivity contribution is 7.13. The molecule has 2 heterocycles. The summed E-state index contributed by atoms with van der Waals surface area (Å²) in [6.07, 6.45) is -0.110. The molecule has 7 nitrogen and oxygen atoms in total. The summed E-state index contributed by atoms with van der Waals surface area (Å²) in [5, 5.41) is 0.255. The lowest BCUT2D eigenvalue weighted by molar-refractivity contribution is -0.117. The first-order valence-electron chi connectivity index (χ1n) is 4.36. The zero-order valence-electron chi connectivity index (χ0n) is 8.31. The number of hydrogen-bond donors (Lipinski definition) is 2. The lowest BCUT2D eigenvalue weighted by Crippen LogP contribution is -2.28. The van der Waals surface area contributed by atoms with Gasteiger partial charge in [-0.15, -0.1) is 0 Å². The van der Waals surface area contributed by atoms with Gasteiger partial charge in [-0.3, -0.25) is 19.1 Å². The van der Waals surface area contributed by atoms with Crippen LogP contribution in [0.3, 0.4) is 0 Å². The van der Waals surface area contributed by atoms with E-state index in [0.29, 0.717) is 10.5 Å². The lowest BCUT2D eigenvalue weighted by atomic mass is 10.2. The predicted molar refractivity (Wildman–Crippen MR) is 58.4 cm³/mol. The molecule has 0 aliphatic rings. The van der Waals surface area contributed by atoms with Gasteiger partial charge < -0.3 is 5.73 Å². The van der Waals surface area contributed by atoms with Gasteiger partial charge in [0, 0.05) is 7.05 Å². The zero-order valence-corrected chi connectivity index (χ0v) is 9.13. The molecular weight excluding hydrogens is 232 g/mol. The Hall–Kier alpha value is -1.96. The number of carbonyl (C=O) groups excluding carboxylic acids is 1. The molecule has 0 aliphatic carbocycles. The van der Waals surface area contributed by atoms with Crippen molar-refractivity contribution < 1.29 is 4.79 Å². The third-order valence-electron chi connectivity index (χ3n) is 2.14. The van der Waals surface area contributed by atoms with Gasteiger partial charge in [0.05, 0.1) is 17.5 Å². The SMILES string of the molecule is Cn1c(=O)[nH]c(=O)c2c(CC(N)=O)nsc21. The van der Waals surface area contributed by atoms with Crippen molar-refractivity contribution in [3.8, 4) is 0 Å². The quantitative estimate of drug-likeness (QED) is 0.680. The summed E-state index contributed by atoms with van der Waals surface area (Å²) in [5.41, 5.74) is 4.30. The van der Waals surface area contributed by atoms with Crippen LogP contribution in [0.1, 0.15) is 5.69 Å². The number of amides is 1. The summed E-state index contributed by atoms with van der Waals surface area (Å²) in [5.74, 6) is -0.569. The van der Waals surface area contributed by atoms with Crippen LogP contribution in [0.2, 0.25) is 0 Å². The number of aryl methyl sites for hydroxylation is 1. The van der Waals surface area contributed by atoms with Crippen LogP contribution in [0, 0.1) is 0 Å². The number of primary amides is 1. The molecule has 0 saturated carbocycles. The Morgan fingerprint density at radius 3 is 2.88 bits per heavy atom. The highest BCUT2D eigenvalue weighted by atomic mass is 32.1. The van der Waals surface area contributed by atoms with E-state index in [1.807, 2.05) is 0 Å². The average molecular weight is 240 g/mol. The molecule has 0 saturated heterocycles. The molecular formula is C8H8N4O3S. The first kappa shape index (κ1) is 10.6. The van der Waals surface area contributed by atoms with E-state index in [0.717, 1.165) is 11.5 Å². The Morgan fingerprint density at radius 1 is 1.56 bits per heavy atom. The number of aromatic nitrogens is 3. The molecule has 2 aromatic heterocycles.